The van der Waals surface area contributed by atoms with Crippen LogP contribution < -0.4 is 16.6 Å². The van der Waals surface area contributed by atoms with Gasteiger partial charge < -0.3 is 15.8 Å². The van der Waals surface area contributed by atoms with Crippen LogP contribution in [0.1, 0.15) is 21.9 Å². The molecule has 11 heteroatoms. The second-order valence-electron chi connectivity index (χ2n) is 7.98. The smallest absolute Gasteiger partial charge is 0.359 e. The first-order valence-electron chi connectivity index (χ1n) is 11.2. The molecular weight excluding hydrogens is 477 g/mol. The second kappa shape index (κ2) is 10.2. The molecule has 3 aromatic carbocycles. The summed E-state index contributed by atoms with van der Waals surface area (Å²) in [5.41, 5.74) is 6.84. The number of esters is 1. The van der Waals surface area contributed by atoms with Gasteiger partial charge in [-0.1, -0.05) is 48.5 Å². The molecule has 0 aliphatic heterocycles. The maximum Gasteiger partial charge on any atom is 0.359 e. The lowest BCUT2D eigenvalue weighted by atomic mass is 10.1. The molecule has 37 heavy (non-hydrogen) atoms. The molecule has 0 saturated heterocycles. The molecule has 5 aromatic rings. The van der Waals surface area contributed by atoms with E-state index in [0.29, 0.717) is 16.5 Å². The van der Waals surface area contributed by atoms with Gasteiger partial charge in [-0.05, 0) is 35.9 Å². The Morgan fingerprint density at radius 3 is 2.38 bits per heavy atom. The quantitative estimate of drug-likeness (QED) is 0.324. The third-order valence-electron chi connectivity index (χ3n) is 5.37. The number of nitrogens with one attached hydrogen (secondary N) is 1. The molecular formula is C26H20FN7O3. The molecule has 0 fully saturated rings. The Morgan fingerprint density at radius 2 is 1.62 bits per heavy atom. The van der Waals surface area contributed by atoms with E-state index in [1.54, 1.807) is 24.3 Å². The average Bonchev–Trinajstić information content (AvgIpc) is 2.90. The topological polar surface area (TPSA) is 138 Å². The Morgan fingerprint density at radius 1 is 0.919 bits per heavy atom. The highest BCUT2D eigenvalue weighted by Crippen LogP contribution is 2.17. The molecule has 5 rings (SSSR count). The van der Waals surface area contributed by atoms with Gasteiger partial charge in [0.25, 0.3) is 5.56 Å². The number of nitrogen functional groups attached to an aromatic ring is 1. The summed E-state index contributed by atoms with van der Waals surface area (Å²) in [6.45, 7) is -0.134. The zero-order valence-corrected chi connectivity index (χ0v) is 19.3. The van der Waals surface area contributed by atoms with E-state index in [-0.39, 0.29) is 47.9 Å². The Kier molecular flexibility index (Phi) is 6.49. The number of nitrogens with zero attached hydrogens (tertiary/aromatic N) is 5. The highest BCUT2D eigenvalue weighted by Gasteiger charge is 2.19. The van der Waals surface area contributed by atoms with E-state index in [1.165, 1.54) is 28.9 Å². The summed E-state index contributed by atoms with van der Waals surface area (Å²) in [5, 5.41) is 7.92. The van der Waals surface area contributed by atoms with E-state index in [9.17, 15) is 14.0 Å². The summed E-state index contributed by atoms with van der Waals surface area (Å²) in [7, 11) is 0. The molecule has 0 amide bonds. The van der Waals surface area contributed by atoms with Crippen LogP contribution in [0.3, 0.4) is 0 Å². The first-order chi connectivity index (χ1) is 18.0. The molecule has 2 aromatic heterocycles. The minimum Gasteiger partial charge on any atom is -0.453 e. The van der Waals surface area contributed by atoms with Gasteiger partial charge in [0.15, 0.2) is 18.1 Å². The van der Waals surface area contributed by atoms with E-state index in [2.05, 4.69) is 25.4 Å². The van der Waals surface area contributed by atoms with Gasteiger partial charge in [0, 0.05) is 11.1 Å². The standard InChI is InChI=1S/C26H20FN7O3/c27-17-10-12-18(13-11-17)29-26-31-21(30-25(28)32-26)15-37-24(36)22-19-8-4-5-9-20(19)23(35)34(33-22)14-16-6-2-1-3-7-16/h1-13H,14-15H2,(H3,28,29,30,31,32). The number of rotatable bonds is 7. The maximum atomic E-state index is 13.2. The summed E-state index contributed by atoms with van der Waals surface area (Å²) < 4.78 is 19.8. The Balaban J connectivity index is 1.39. The number of fused-ring (bicyclic) bond motifs is 1. The normalized spacial score (nSPS) is 10.8. The van der Waals surface area contributed by atoms with Crippen molar-refractivity contribution in [1.82, 2.24) is 24.7 Å². The number of carbonyl (C=O) groups excluding carboxylic acids is 1. The van der Waals surface area contributed by atoms with Crippen molar-refractivity contribution in [2.75, 3.05) is 11.1 Å². The first-order valence-corrected chi connectivity index (χ1v) is 11.2. The number of hydrogen-bond donors (Lipinski definition) is 2. The van der Waals surface area contributed by atoms with Gasteiger partial charge in [0.1, 0.15) is 5.82 Å². The molecule has 2 heterocycles. The van der Waals surface area contributed by atoms with E-state index in [0.717, 1.165) is 5.56 Å². The fraction of sp³-hybridized carbons (Fsp3) is 0.0769. The number of halogens is 1. The highest BCUT2D eigenvalue weighted by atomic mass is 19.1. The van der Waals surface area contributed by atoms with Gasteiger partial charge in [-0.15, -0.1) is 0 Å². The third kappa shape index (κ3) is 5.40. The lowest BCUT2D eigenvalue weighted by molar-refractivity contribution is 0.0455. The molecule has 0 aliphatic rings. The summed E-state index contributed by atoms with van der Waals surface area (Å²) in [6.07, 6.45) is 0. The van der Waals surface area contributed by atoms with Crippen molar-refractivity contribution < 1.29 is 13.9 Å². The predicted molar refractivity (Wildman–Crippen MR) is 135 cm³/mol. The van der Waals surface area contributed by atoms with E-state index in [4.69, 9.17) is 10.5 Å². The van der Waals surface area contributed by atoms with Crippen molar-refractivity contribution in [2.45, 2.75) is 13.2 Å². The van der Waals surface area contributed by atoms with Crippen LogP contribution in [-0.4, -0.2) is 30.7 Å². The van der Waals surface area contributed by atoms with Crippen LogP contribution in [-0.2, 0) is 17.9 Å². The number of hydrogen-bond acceptors (Lipinski definition) is 9. The average molecular weight is 497 g/mol. The Bertz CT molecular complexity index is 1640. The van der Waals surface area contributed by atoms with Crippen LogP contribution in [0.2, 0.25) is 0 Å². The Hall–Kier alpha value is -5.19. The van der Waals surface area contributed by atoms with Gasteiger partial charge >= 0.3 is 5.97 Å². The lowest BCUT2D eigenvalue weighted by Gasteiger charge is -2.11. The van der Waals surface area contributed by atoms with Crippen molar-refractivity contribution in [2.24, 2.45) is 0 Å². The molecule has 0 bridgehead atoms. The van der Waals surface area contributed by atoms with Crippen molar-refractivity contribution in [1.29, 1.82) is 0 Å². The third-order valence-corrected chi connectivity index (χ3v) is 5.37. The zero-order valence-electron chi connectivity index (χ0n) is 19.3. The second-order valence-corrected chi connectivity index (χ2v) is 7.98. The Labute approximate surface area is 209 Å². The van der Waals surface area contributed by atoms with Gasteiger partial charge in [0.2, 0.25) is 11.9 Å². The van der Waals surface area contributed by atoms with E-state index in [1.807, 2.05) is 30.3 Å². The van der Waals surface area contributed by atoms with Gasteiger partial charge in [-0.2, -0.15) is 20.1 Å². The van der Waals surface area contributed by atoms with Crippen molar-refractivity contribution >= 4 is 34.3 Å². The molecule has 0 saturated carbocycles. The predicted octanol–water partition coefficient (Wildman–Crippen LogP) is 3.45. The van der Waals surface area contributed by atoms with Crippen LogP contribution in [0.15, 0.2) is 83.7 Å². The molecule has 0 unspecified atom stereocenters. The van der Waals surface area contributed by atoms with E-state index >= 15 is 0 Å². The molecule has 0 atom stereocenters. The van der Waals surface area contributed by atoms with Gasteiger partial charge in [-0.3, -0.25) is 4.79 Å². The molecule has 184 valence electrons. The number of ether oxygens (including phenoxy) is 1. The number of nitrogens with two attached hydrogens (primary N) is 1. The van der Waals surface area contributed by atoms with Crippen molar-refractivity contribution in [3.05, 3.63) is 112 Å². The number of anilines is 3. The van der Waals surface area contributed by atoms with Crippen LogP contribution in [0, 0.1) is 5.82 Å². The molecule has 0 aliphatic carbocycles. The zero-order chi connectivity index (χ0) is 25.8. The van der Waals surface area contributed by atoms with E-state index < -0.39 is 5.97 Å². The van der Waals surface area contributed by atoms with Gasteiger partial charge in [0.05, 0.1) is 11.9 Å². The molecule has 3 N–H and O–H groups in total. The fourth-order valence-electron chi connectivity index (χ4n) is 3.67. The van der Waals surface area contributed by atoms with Crippen LogP contribution in [0.25, 0.3) is 10.8 Å². The number of carbonyl (C=O) groups is 1. The molecule has 0 spiro atoms. The van der Waals surface area contributed by atoms with Crippen LogP contribution in [0.5, 0.6) is 0 Å². The number of aromatic nitrogens is 5. The number of benzene rings is 3. The first kappa shape index (κ1) is 23.5. The minimum atomic E-state index is -0.759. The minimum absolute atomic E-state index is 0.0159. The summed E-state index contributed by atoms with van der Waals surface area (Å²) in [4.78, 5) is 38.3. The molecule has 10 nitrogen and oxygen atoms in total. The summed E-state index contributed by atoms with van der Waals surface area (Å²) >= 11 is 0. The summed E-state index contributed by atoms with van der Waals surface area (Å²) in [6, 6.07) is 21.6. The SMILES string of the molecule is Nc1nc(COC(=O)c2nn(Cc3ccccc3)c(=O)c3ccccc23)nc(Nc2ccc(F)cc2)n1. The summed E-state index contributed by atoms with van der Waals surface area (Å²) in [5.74, 6) is -1.04. The maximum absolute atomic E-state index is 13.2. The van der Waals surface area contributed by atoms with Crippen LogP contribution >= 0.6 is 0 Å². The van der Waals surface area contributed by atoms with Crippen molar-refractivity contribution in [3.8, 4) is 0 Å². The largest absolute Gasteiger partial charge is 0.453 e. The monoisotopic (exact) mass is 497 g/mol. The molecule has 0 radical (unpaired) electrons. The highest BCUT2D eigenvalue weighted by molar-refractivity contribution is 6.02. The van der Waals surface area contributed by atoms with Crippen molar-refractivity contribution in [3.63, 3.8) is 0 Å². The van der Waals surface area contributed by atoms with Gasteiger partial charge in [-0.25, -0.2) is 13.9 Å². The van der Waals surface area contributed by atoms with Crippen LogP contribution in [0.4, 0.5) is 22.0 Å². The fourth-order valence-corrected chi connectivity index (χ4v) is 3.67. The lowest BCUT2D eigenvalue weighted by Crippen LogP contribution is -2.27.